The zero-order valence-electron chi connectivity index (χ0n) is 9.39. The summed E-state index contributed by atoms with van der Waals surface area (Å²) >= 11 is 0. The van der Waals surface area contributed by atoms with Gasteiger partial charge in [-0.25, -0.2) is 0 Å². The predicted molar refractivity (Wildman–Crippen MR) is 73.1 cm³/mol. The van der Waals surface area contributed by atoms with E-state index in [1.807, 2.05) is 4.90 Å². The summed E-state index contributed by atoms with van der Waals surface area (Å²) in [6.07, 6.45) is 2.81. The molecule has 94 valence electrons. The highest BCUT2D eigenvalue weighted by Gasteiger charge is 2.34. The number of aliphatic imine (C=N–C) groups is 1. The van der Waals surface area contributed by atoms with Gasteiger partial charge in [0.2, 0.25) is 0 Å². The molecule has 1 saturated carbocycles. The molecule has 0 aromatic heterocycles. The molecule has 2 aliphatic rings. The first-order valence-electron chi connectivity index (χ1n) is 5.55. The molecule has 1 heterocycles. The summed E-state index contributed by atoms with van der Waals surface area (Å²) in [4.78, 5) is 6.26. The van der Waals surface area contributed by atoms with Crippen molar-refractivity contribution in [3.05, 3.63) is 0 Å². The Hall–Kier alpha value is -0.0800. The van der Waals surface area contributed by atoms with E-state index in [0.29, 0.717) is 25.7 Å². The number of morpholine rings is 1. The fraction of sp³-hybridized carbons (Fsp3) is 0.900. The Morgan fingerprint density at radius 1 is 1.38 bits per heavy atom. The third-order valence-electron chi connectivity index (χ3n) is 3.15. The molecule has 0 radical (unpaired) electrons. The van der Waals surface area contributed by atoms with Crippen molar-refractivity contribution in [1.29, 1.82) is 0 Å². The summed E-state index contributed by atoms with van der Waals surface area (Å²) in [5.74, 6) is 0.540. The van der Waals surface area contributed by atoms with E-state index in [-0.39, 0.29) is 24.0 Å². The lowest BCUT2D eigenvalue weighted by molar-refractivity contribution is -0.0238. The van der Waals surface area contributed by atoms with Crippen LogP contribution < -0.4 is 5.73 Å². The highest BCUT2D eigenvalue weighted by atomic mass is 127. The Kier molecular flexibility index (Phi) is 5.26. The first-order valence-corrected chi connectivity index (χ1v) is 5.55. The first-order chi connectivity index (χ1) is 7.20. The molecule has 2 fully saturated rings. The van der Waals surface area contributed by atoms with Crippen LogP contribution in [0, 0.1) is 0 Å². The van der Waals surface area contributed by atoms with Gasteiger partial charge in [0.1, 0.15) is 0 Å². The lowest BCUT2D eigenvalue weighted by Crippen LogP contribution is -2.46. The minimum Gasteiger partial charge on any atom is -0.388 e. The average Bonchev–Trinajstić information content (AvgIpc) is 2.24. The third-order valence-corrected chi connectivity index (χ3v) is 3.15. The van der Waals surface area contributed by atoms with Gasteiger partial charge < -0.3 is 20.5 Å². The van der Waals surface area contributed by atoms with E-state index in [4.69, 9.17) is 10.5 Å². The molecule has 1 aliphatic heterocycles. The van der Waals surface area contributed by atoms with Gasteiger partial charge >= 0.3 is 0 Å². The quantitative estimate of drug-likeness (QED) is 0.427. The van der Waals surface area contributed by atoms with E-state index in [1.54, 1.807) is 0 Å². The van der Waals surface area contributed by atoms with Gasteiger partial charge in [-0.1, -0.05) is 0 Å². The molecule has 0 aromatic carbocycles. The van der Waals surface area contributed by atoms with Gasteiger partial charge in [-0.15, -0.1) is 24.0 Å². The van der Waals surface area contributed by atoms with Crippen LogP contribution in [-0.4, -0.2) is 54.4 Å². The van der Waals surface area contributed by atoms with Gasteiger partial charge in [-0.2, -0.15) is 0 Å². The van der Waals surface area contributed by atoms with Crippen molar-refractivity contribution in [3.8, 4) is 0 Å². The molecule has 0 unspecified atom stereocenters. The Bertz CT molecular complexity index is 250. The van der Waals surface area contributed by atoms with Crippen LogP contribution in [-0.2, 0) is 4.74 Å². The van der Waals surface area contributed by atoms with Crippen LogP contribution in [0.5, 0.6) is 0 Å². The van der Waals surface area contributed by atoms with Gasteiger partial charge in [0.25, 0.3) is 0 Å². The normalized spacial score (nSPS) is 24.6. The summed E-state index contributed by atoms with van der Waals surface area (Å²) in [5.41, 5.74) is 5.27. The fourth-order valence-electron chi connectivity index (χ4n) is 1.86. The molecule has 0 atom stereocenters. The van der Waals surface area contributed by atoms with E-state index in [1.165, 1.54) is 0 Å². The molecule has 6 heteroatoms. The molecule has 2 rings (SSSR count). The van der Waals surface area contributed by atoms with E-state index < -0.39 is 5.60 Å². The van der Waals surface area contributed by atoms with Gasteiger partial charge in [0.05, 0.1) is 25.4 Å². The second-order valence-corrected chi connectivity index (χ2v) is 4.35. The summed E-state index contributed by atoms with van der Waals surface area (Å²) < 4.78 is 5.23. The number of ether oxygens (including phenoxy) is 1. The maximum absolute atomic E-state index is 9.85. The molecule has 0 bridgehead atoms. The Labute approximate surface area is 113 Å². The van der Waals surface area contributed by atoms with Crippen molar-refractivity contribution in [3.63, 3.8) is 0 Å². The minimum atomic E-state index is -0.573. The number of hydrogen-bond acceptors (Lipinski definition) is 3. The number of hydrogen-bond donors (Lipinski definition) is 2. The van der Waals surface area contributed by atoms with Crippen LogP contribution in [0.15, 0.2) is 4.99 Å². The molecule has 16 heavy (non-hydrogen) atoms. The van der Waals surface area contributed by atoms with E-state index >= 15 is 0 Å². The van der Waals surface area contributed by atoms with Gasteiger partial charge in [-0.3, -0.25) is 4.99 Å². The number of guanidine groups is 1. The highest BCUT2D eigenvalue weighted by Crippen LogP contribution is 2.31. The van der Waals surface area contributed by atoms with Crippen LogP contribution in [0.1, 0.15) is 19.3 Å². The summed E-state index contributed by atoms with van der Waals surface area (Å²) in [7, 11) is 0. The SMILES string of the molecule is I.NC(=NCC1(O)CCC1)N1CCOCC1. The Morgan fingerprint density at radius 2 is 2.00 bits per heavy atom. The number of aliphatic hydroxyl groups is 1. The lowest BCUT2D eigenvalue weighted by Gasteiger charge is -2.35. The zero-order chi connectivity index (χ0) is 10.7. The van der Waals surface area contributed by atoms with Crippen LogP contribution in [0.2, 0.25) is 0 Å². The van der Waals surface area contributed by atoms with E-state index in [2.05, 4.69) is 4.99 Å². The average molecular weight is 341 g/mol. The van der Waals surface area contributed by atoms with Crippen LogP contribution in [0.25, 0.3) is 0 Å². The van der Waals surface area contributed by atoms with Crippen LogP contribution >= 0.6 is 24.0 Å². The summed E-state index contributed by atoms with van der Waals surface area (Å²) in [5, 5.41) is 9.85. The Morgan fingerprint density at radius 3 is 2.50 bits per heavy atom. The van der Waals surface area contributed by atoms with Crippen LogP contribution in [0.3, 0.4) is 0 Å². The second-order valence-electron chi connectivity index (χ2n) is 4.35. The first kappa shape index (κ1) is 14.0. The number of nitrogens with two attached hydrogens (primary N) is 1. The monoisotopic (exact) mass is 341 g/mol. The Balaban J connectivity index is 0.00000128. The number of rotatable bonds is 2. The maximum atomic E-state index is 9.85. The fourth-order valence-corrected chi connectivity index (χ4v) is 1.86. The largest absolute Gasteiger partial charge is 0.388 e. The molecule has 0 aromatic rings. The zero-order valence-corrected chi connectivity index (χ0v) is 11.7. The number of nitrogens with zero attached hydrogens (tertiary/aromatic N) is 2. The molecule has 0 amide bonds. The molecule has 0 spiro atoms. The van der Waals surface area contributed by atoms with Crippen molar-refractivity contribution in [2.24, 2.45) is 10.7 Å². The van der Waals surface area contributed by atoms with E-state index in [9.17, 15) is 5.11 Å². The van der Waals surface area contributed by atoms with Crippen molar-refractivity contribution >= 4 is 29.9 Å². The molecular formula is C10H20IN3O2. The second kappa shape index (κ2) is 6.02. The molecule has 1 aliphatic carbocycles. The van der Waals surface area contributed by atoms with E-state index in [0.717, 1.165) is 32.4 Å². The van der Waals surface area contributed by atoms with Crippen molar-refractivity contribution in [2.75, 3.05) is 32.8 Å². The minimum absolute atomic E-state index is 0. The van der Waals surface area contributed by atoms with Crippen molar-refractivity contribution < 1.29 is 9.84 Å². The third kappa shape index (κ3) is 3.46. The van der Waals surface area contributed by atoms with Crippen molar-refractivity contribution in [1.82, 2.24) is 4.90 Å². The van der Waals surface area contributed by atoms with Gasteiger partial charge in [0, 0.05) is 13.1 Å². The van der Waals surface area contributed by atoms with Gasteiger partial charge in [-0.05, 0) is 19.3 Å². The lowest BCUT2D eigenvalue weighted by atomic mass is 9.80. The summed E-state index contributed by atoms with van der Waals surface area (Å²) in [6, 6.07) is 0. The van der Waals surface area contributed by atoms with Gasteiger partial charge in [0.15, 0.2) is 5.96 Å². The maximum Gasteiger partial charge on any atom is 0.191 e. The molecule has 5 nitrogen and oxygen atoms in total. The molecule has 1 saturated heterocycles. The summed E-state index contributed by atoms with van der Waals surface area (Å²) in [6.45, 7) is 3.46. The smallest absolute Gasteiger partial charge is 0.191 e. The number of halogens is 1. The van der Waals surface area contributed by atoms with Crippen molar-refractivity contribution in [2.45, 2.75) is 24.9 Å². The predicted octanol–water partition coefficient (Wildman–Crippen LogP) is 0.166. The molecule has 3 N–H and O–H groups in total. The molecular weight excluding hydrogens is 321 g/mol. The standard InChI is InChI=1S/C10H19N3O2.HI/c11-9(13-4-6-15-7-5-13)12-8-10(14)2-1-3-10;/h14H,1-8H2,(H2,11,12);1H. The van der Waals surface area contributed by atoms with Crippen LogP contribution in [0.4, 0.5) is 0 Å². The highest BCUT2D eigenvalue weighted by molar-refractivity contribution is 14.0. The topological polar surface area (TPSA) is 71.1 Å².